The van der Waals surface area contributed by atoms with Gasteiger partial charge in [-0.05, 0) is 19.3 Å². The summed E-state index contributed by atoms with van der Waals surface area (Å²) >= 11 is 0. The second-order valence-corrected chi connectivity index (χ2v) is 7.14. The van der Waals surface area contributed by atoms with E-state index in [0.717, 1.165) is 25.7 Å². The Balaban J connectivity index is 1.37. The predicted octanol–water partition coefficient (Wildman–Crippen LogP) is 3.29. The van der Waals surface area contributed by atoms with Crippen molar-refractivity contribution in [1.29, 1.82) is 0 Å². The lowest BCUT2D eigenvalue weighted by Gasteiger charge is -2.17. The zero-order valence-electron chi connectivity index (χ0n) is 13.8. The van der Waals surface area contributed by atoms with Crippen LogP contribution in [0.2, 0.25) is 0 Å². The summed E-state index contributed by atoms with van der Waals surface area (Å²) in [4.78, 5) is 26.4. The summed E-state index contributed by atoms with van der Waals surface area (Å²) in [6.45, 7) is 2.86. The van der Waals surface area contributed by atoms with Crippen LogP contribution in [0.4, 0.5) is 0 Å². The lowest BCUT2D eigenvalue weighted by molar-refractivity contribution is -0.142. The first-order valence-corrected chi connectivity index (χ1v) is 9.24. The molecule has 0 aliphatic carbocycles. The molecule has 0 aromatic heterocycles. The van der Waals surface area contributed by atoms with E-state index in [1.54, 1.807) is 4.90 Å². The highest BCUT2D eigenvalue weighted by Crippen LogP contribution is 2.48. The average molecular weight is 307 g/mol. The first-order valence-electron chi connectivity index (χ1n) is 9.24. The van der Waals surface area contributed by atoms with Crippen molar-refractivity contribution in [3.63, 3.8) is 0 Å². The largest absolute Gasteiger partial charge is 0.373 e. The number of nitrogens with zero attached hydrogens (tertiary/aromatic N) is 1. The van der Waals surface area contributed by atoms with Crippen molar-refractivity contribution < 1.29 is 14.3 Å². The number of likely N-dealkylation sites (tertiary alicyclic amines) is 1. The molecule has 4 nitrogen and oxygen atoms in total. The van der Waals surface area contributed by atoms with Gasteiger partial charge < -0.3 is 4.74 Å². The molecular formula is C18H29NO3. The number of fused-ring (bicyclic) bond motifs is 5. The van der Waals surface area contributed by atoms with Crippen molar-refractivity contribution in [1.82, 2.24) is 4.90 Å². The number of carbonyl (C=O) groups excluding carboxylic acids is 2. The van der Waals surface area contributed by atoms with Gasteiger partial charge in [-0.15, -0.1) is 0 Å². The van der Waals surface area contributed by atoms with Crippen LogP contribution in [-0.4, -0.2) is 35.5 Å². The SMILES string of the molecule is CCCCCCCCCCN1C(=O)C2C(C1=O)[C@H]1CC[C@@H]2O1. The van der Waals surface area contributed by atoms with Gasteiger partial charge in [0.1, 0.15) is 0 Å². The zero-order valence-corrected chi connectivity index (χ0v) is 13.8. The number of hydrogen-bond donors (Lipinski definition) is 0. The molecule has 124 valence electrons. The summed E-state index contributed by atoms with van der Waals surface area (Å²) in [6.07, 6.45) is 11.8. The van der Waals surface area contributed by atoms with Crippen LogP contribution in [0, 0.1) is 11.8 Å². The number of hydrogen-bond acceptors (Lipinski definition) is 3. The zero-order chi connectivity index (χ0) is 15.5. The highest BCUT2D eigenvalue weighted by Gasteiger charge is 2.62. The molecule has 4 heteroatoms. The standard InChI is InChI=1S/C18H29NO3/c1-2-3-4-5-6-7-8-9-12-19-17(20)15-13-10-11-14(22-13)16(15)18(19)21/h13-16H,2-12H2,1H3/t13-,14+,15?,16?. The Morgan fingerprint density at radius 3 is 1.91 bits per heavy atom. The molecule has 0 spiro atoms. The van der Waals surface area contributed by atoms with Crippen LogP contribution in [0.15, 0.2) is 0 Å². The summed E-state index contributed by atoms with van der Waals surface area (Å²) in [7, 11) is 0. The van der Waals surface area contributed by atoms with E-state index in [2.05, 4.69) is 6.92 Å². The third-order valence-electron chi connectivity index (χ3n) is 5.61. The number of imide groups is 1. The van der Waals surface area contributed by atoms with Crippen molar-refractivity contribution in [3.05, 3.63) is 0 Å². The van der Waals surface area contributed by atoms with Crippen LogP contribution in [0.1, 0.15) is 71.1 Å². The van der Waals surface area contributed by atoms with E-state index in [-0.39, 0.29) is 35.9 Å². The maximum absolute atomic E-state index is 12.5. The summed E-state index contributed by atoms with van der Waals surface area (Å²) in [5.74, 6) is -0.212. The van der Waals surface area contributed by atoms with E-state index in [1.165, 1.54) is 38.5 Å². The van der Waals surface area contributed by atoms with Crippen molar-refractivity contribution in [2.45, 2.75) is 83.3 Å². The maximum atomic E-state index is 12.5. The maximum Gasteiger partial charge on any atom is 0.235 e. The van der Waals surface area contributed by atoms with Gasteiger partial charge in [-0.25, -0.2) is 0 Å². The minimum absolute atomic E-state index is 0.0232. The Hall–Kier alpha value is -0.900. The Labute approximate surface area is 133 Å². The molecule has 0 N–H and O–H groups in total. The summed E-state index contributed by atoms with van der Waals surface area (Å²) < 4.78 is 5.75. The molecule has 2 bridgehead atoms. The van der Waals surface area contributed by atoms with Gasteiger partial charge >= 0.3 is 0 Å². The molecule has 22 heavy (non-hydrogen) atoms. The minimum atomic E-state index is -0.153. The van der Waals surface area contributed by atoms with Crippen molar-refractivity contribution >= 4 is 11.8 Å². The van der Waals surface area contributed by atoms with Gasteiger partial charge in [-0.3, -0.25) is 14.5 Å². The van der Waals surface area contributed by atoms with E-state index in [0.29, 0.717) is 6.54 Å². The van der Waals surface area contributed by atoms with E-state index >= 15 is 0 Å². The second-order valence-electron chi connectivity index (χ2n) is 7.14. The summed E-state index contributed by atoms with van der Waals surface area (Å²) in [5, 5.41) is 0. The lowest BCUT2D eigenvalue weighted by atomic mass is 9.81. The van der Waals surface area contributed by atoms with Gasteiger partial charge in [-0.2, -0.15) is 0 Å². The molecule has 3 saturated heterocycles. The Morgan fingerprint density at radius 2 is 1.36 bits per heavy atom. The Morgan fingerprint density at radius 1 is 0.864 bits per heavy atom. The molecule has 0 aromatic carbocycles. The number of carbonyl (C=O) groups is 2. The van der Waals surface area contributed by atoms with E-state index in [1.807, 2.05) is 0 Å². The summed E-state index contributed by atoms with van der Waals surface area (Å²) in [5.41, 5.74) is 0. The van der Waals surface area contributed by atoms with Gasteiger partial charge in [0.05, 0.1) is 24.0 Å². The third-order valence-corrected chi connectivity index (χ3v) is 5.61. The molecule has 3 aliphatic heterocycles. The molecule has 0 aromatic rings. The van der Waals surface area contributed by atoms with Crippen LogP contribution < -0.4 is 0 Å². The first kappa shape index (κ1) is 16.0. The van der Waals surface area contributed by atoms with Crippen LogP contribution in [-0.2, 0) is 14.3 Å². The highest BCUT2D eigenvalue weighted by molar-refractivity contribution is 6.06. The van der Waals surface area contributed by atoms with Gasteiger partial charge in [-0.1, -0.05) is 51.9 Å². The molecule has 3 aliphatic rings. The monoisotopic (exact) mass is 307 g/mol. The van der Waals surface area contributed by atoms with Gasteiger partial charge in [0, 0.05) is 6.54 Å². The highest BCUT2D eigenvalue weighted by atomic mass is 16.5. The molecule has 2 unspecified atom stereocenters. The molecule has 4 atom stereocenters. The predicted molar refractivity (Wildman–Crippen MR) is 84.2 cm³/mol. The number of unbranched alkanes of at least 4 members (excludes halogenated alkanes) is 7. The topological polar surface area (TPSA) is 46.6 Å². The molecule has 3 rings (SSSR count). The fourth-order valence-corrected chi connectivity index (χ4v) is 4.40. The number of rotatable bonds is 9. The van der Waals surface area contributed by atoms with Crippen LogP contribution in [0.3, 0.4) is 0 Å². The summed E-state index contributed by atoms with van der Waals surface area (Å²) in [6, 6.07) is 0. The van der Waals surface area contributed by atoms with Crippen LogP contribution >= 0.6 is 0 Å². The number of amides is 2. The van der Waals surface area contributed by atoms with Crippen LogP contribution in [0.25, 0.3) is 0 Å². The molecule has 0 radical (unpaired) electrons. The van der Waals surface area contributed by atoms with E-state index < -0.39 is 0 Å². The van der Waals surface area contributed by atoms with Gasteiger partial charge in [0.25, 0.3) is 0 Å². The van der Waals surface area contributed by atoms with Crippen molar-refractivity contribution in [3.8, 4) is 0 Å². The third kappa shape index (κ3) is 2.94. The Bertz CT molecular complexity index is 395. The lowest BCUT2D eigenvalue weighted by Crippen LogP contribution is -2.35. The van der Waals surface area contributed by atoms with Crippen LogP contribution in [0.5, 0.6) is 0 Å². The Kier molecular flexibility index (Phi) is 5.17. The molecule has 0 saturated carbocycles. The van der Waals surface area contributed by atoms with Gasteiger partial charge in [0.15, 0.2) is 0 Å². The normalized spacial score (nSPS) is 33.0. The average Bonchev–Trinajstić information content (AvgIpc) is 3.18. The smallest absolute Gasteiger partial charge is 0.235 e. The van der Waals surface area contributed by atoms with Gasteiger partial charge in [0.2, 0.25) is 11.8 Å². The molecule has 3 heterocycles. The fourth-order valence-electron chi connectivity index (χ4n) is 4.40. The molecule has 3 fully saturated rings. The van der Waals surface area contributed by atoms with E-state index in [9.17, 15) is 9.59 Å². The van der Waals surface area contributed by atoms with E-state index in [4.69, 9.17) is 4.74 Å². The first-order chi connectivity index (χ1) is 10.7. The number of ether oxygens (including phenoxy) is 1. The molecular weight excluding hydrogens is 278 g/mol. The van der Waals surface area contributed by atoms with Crippen molar-refractivity contribution in [2.75, 3.05) is 6.54 Å². The van der Waals surface area contributed by atoms with Crippen molar-refractivity contribution in [2.24, 2.45) is 11.8 Å². The second kappa shape index (κ2) is 7.12. The quantitative estimate of drug-likeness (QED) is 0.485. The molecule has 2 amide bonds. The fraction of sp³-hybridized carbons (Fsp3) is 0.889. The minimum Gasteiger partial charge on any atom is -0.373 e.